The molecule has 0 radical (unpaired) electrons. The van der Waals surface area contributed by atoms with E-state index in [1.54, 1.807) is 0 Å². The lowest BCUT2D eigenvalue weighted by Gasteiger charge is -2.07. The van der Waals surface area contributed by atoms with E-state index in [1.807, 2.05) is 0 Å². The van der Waals surface area contributed by atoms with Gasteiger partial charge in [0.2, 0.25) is 0 Å². The lowest BCUT2D eigenvalue weighted by Crippen LogP contribution is -2.11. The average Bonchev–Trinajstić information content (AvgIpc) is 1.31. The third-order valence-electron chi connectivity index (χ3n) is 1.29. The van der Waals surface area contributed by atoms with Crippen LogP contribution < -0.4 is 0 Å². The molecule has 0 bridgehead atoms. The van der Waals surface area contributed by atoms with Gasteiger partial charge in [-0.1, -0.05) is 4.85 Å². The maximum Gasteiger partial charge on any atom is 0.272 e. The Morgan fingerprint density at radius 2 is 2.17 bits per heavy atom. The second-order valence-corrected chi connectivity index (χ2v) is 1.73. The number of hydrogen-bond acceptors (Lipinski definition) is 0. The van der Waals surface area contributed by atoms with Gasteiger partial charge in [-0.3, -0.25) is 0 Å². The minimum atomic E-state index is 0.519. The minimum Gasteiger partial charge on any atom is -0.0837 e. The molecular formula is C5H8N+. The van der Waals surface area contributed by atoms with Crippen molar-refractivity contribution in [2.24, 2.45) is 0 Å². The van der Waals surface area contributed by atoms with Gasteiger partial charge < -0.3 is 0 Å². The molecule has 0 amide bonds. The van der Waals surface area contributed by atoms with Crippen LogP contribution >= 0.6 is 0 Å². The van der Waals surface area contributed by atoms with Gasteiger partial charge in [-0.25, -0.2) is 0 Å². The highest BCUT2D eigenvalue weighted by molar-refractivity contribution is 4.88. The standard InChI is InChI=1S/C5H8N/c1-6-5-3-2-4-5/h1,5H,2-4H2/q+1. The van der Waals surface area contributed by atoms with Crippen LogP contribution in [0.15, 0.2) is 0 Å². The van der Waals surface area contributed by atoms with E-state index in [1.165, 1.54) is 19.3 Å². The Labute approximate surface area is 37.8 Å². The summed E-state index contributed by atoms with van der Waals surface area (Å²) in [6.45, 7) is 4.96. The molecular weight excluding hydrogens is 74.1 g/mol. The van der Waals surface area contributed by atoms with E-state index in [9.17, 15) is 0 Å². The van der Waals surface area contributed by atoms with Crippen molar-refractivity contribution in [3.05, 3.63) is 4.85 Å². The number of hydrogen-bond donors (Lipinski definition) is 0. The summed E-state index contributed by atoms with van der Waals surface area (Å²) in [6.07, 6.45) is 3.76. The van der Waals surface area contributed by atoms with Crippen LogP contribution in [0.4, 0.5) is 0 Å². The fourth-order valence-electron chi connectivity index (χ4n) is 0.536. The Hall–Kier alpha value is -0.510. The first-order valence-corrected chi connectivity index (χ1v) is 2.33. The predicted molar refractivity (Wildman–Crippen MR) is 25.9 cm³/mol. The smallest absolute Gasteiger partial charge is 0.0837 e. The van der Waals surface area contributed by atoms with Crippen molar-refractivity contribution in [1.29, 1.82) is 0 Å². The van der Waals surface area contributed by atoms with Crippen molar-refractivity contribution in [1.82, 2.24) is 0 Å². The van der Waals surface area contributed by atoms with Crippen LogP contribution in [0.1, 0.15) is 19.3 Å². The summed E-state index contributed by atoms with van der Waals surface area (Å²) in [5.74, 6) is 0. The van der Waals surface area contributed by atoms with E-state index in [2.05, 4.69) is 4.85 Å². The second kappa shape index (κ2) is 1.30. The average molecular weight is 82.1 g/mol. The van der Waals surface area contributed by atoms with Crippen molar-refractivity contribution >= 4 is 0 Å². The molecule has 1 nitrogen and oxygen atoms in total. The van der Waals surface area contributed by atoms with E-state index in [-0.39, 0.29) is 0 Å². The van der Waals surface area contributed by atoms with Crippen LogP contribution in [0.2, 0.25) is 0 Å². The maximum absolute atomic E-state index is 4.96. The van der Waals surface area contributed by atoms with E-state index >= 15 is 0 Å². The third-order valence-corrected chi connectivity index (χ3v) is 1.29. The first-order chi connectivity index (χ1) is 2.93. The van der Waals surface area contributed by atoms with Crippen molar-refractivity contribution in [2.75, 3.05) is 0 Å². The Kier molecular flexibility index (Phi) is 0.795. The summed E-state index contributed by atoms with van der Waals surface area (Å²) in [7, 11) is 0. The third kappa shape index (κ3) is 0.386. The second-order valence-electron chi connectivity index (χ2n) is 1.73. The van der Waals surface area contributed by atoms with Crippen molar-refractivity contribution in [3.63, 3.8) is 0 Å². The van der Waals surface area contributed by atoms with Crippen molar-refractivity contribution in [2.45, 2.75) is 25.3 Å². The molecule has 1 aliphatic carbocycles. The van der Waals surface area contributed by atoms with Gasteiger partial charge in [0, 0.05) is 12.8 Å². The fourth-order valence-corrected chi connectivity index (χ4v) is 0.536. The molecule has 1 rings (SSSR count). The molecule has 0 saturated heterocycles. The van der Waals surface area contributed by atoms with Gasteiger partial charge in [0.25, 0.3) is 12.6 Å². The van der Waals surface area contributed by atoms with Crippen molar-refractivity contribution in [3.8, 4) is 6.57 Å². The van der Waals surface area contributed by atoms with E-state index in [0.717, 1.165) is 0 Å². The molecule has 0 spiro atoms. The molecule has 6 heavy (non-hydrogen) atoms. The number of rotatable bonds is 0. The molecule has 1 aliphatic rings. The normalized spacial score (nSPS) is 21.8. The predicted octanol–water partition coefficient (Wildman–Crippen LogP) is 1.50. The van der Waals surface area contributed by atoms with Gasteiger partial charge in [-0.15, -0.1) is 0 Å². The summed E-state index contributed by atoms with van der Waals surface area (Å²) < 4.78 is 0. The molecule has 0 N–H and O–H groups in total. The van der Waals surface area contributed by atoms with Crippen LogP contribution in [-0.4, -0.2) is 6.04 Å². The quantitative estimate of drug-likeness (QED) is 0.417. The van der Waals surface area contributed by atoms with Gasteiger partial charge in [0.05, 0.1) is 0 Å². The van der Waals surface area contributed by atoms with Crippen LogP contribution in [0.3, 0.4) is 0 Å². The molecule has 0 heterocycles. The minimum absolute atomic E-state index is 0.519. The summed E-state index contributed by atoms with van der Waals surface area (Å²) >= 11 is 0. The lowest BCUT2D eigenvalue weighted by molar-refractivity contribution is 0.470. The monoisotopic (exact) mass is 82.1 g/mol. The summed E-state index contributed by atoms with van der Waals surface area (Å²) in [5.41, 5.74) is 0. The molecule has 0 aliphatic heterocycles. The Balaban J connectivity index is 2.22. The Bertz CT molecular complexity index is 76.4. The van der Waals surface area contributed by atoms with Crippen LogP contribution in [0.5, 0.6) is 0 Å². The summed E-state index contributed by atoms with van der Waals surface area (Å²) in [6, 6.07) is 0.519. The zero-order valence-electron chi connectivity index (χ0n) is 3.72. The van der Waals surface area contributed by atoms with E-state index in [0.29, 0.717) is 6.04 Å². The topological polar surface area (TPSA) is 4.36 Å². The largest absolute Gasteiger partial charge is 0.272 e. The highest BCUT2D eigenvalue weighted by Gasteiger charge is 2.24. The SMILES string of the molecule is C#[N+]C1CCC1. The molecule has 1 fully saturated rings. The molecule has 0 aromatic heterocycles. The molecule has 32 valence electrons. The fraction of sp³-hybridized carbons (Fsp3) is 0.800. The molecule has 1 saturated carbocycles. The highest BCUT2D eigenvalue weighted by Crippen LogP contribution is 2.20. The Morgan fingerprint density at radius 3 is 2.17 bits per heavy atom. The van der Waals surface area contributed by atoms with E-state index in [4.69, 9.17) is 6.57 Å². The zero-order chi connectivity index (χ0) is 4.41. The van der Waals surface area contributed by atoms with Gasteiger partial charge in [-0.05, 0) is 6.42 Å². The molecule has 0 aromatic carbocycles. The maximum atomic E-state index is 4.96. The van der Waals surface area contributed by atoms with Crippen LogP contribution in [0.25, 0.3) is 4.85 Å². The first kappa shape index (κ1) is 3.67. The molecule has 0 aromatic rings. The highest BCUT2D eigenvalue weighted by atomic mass is 14.7. The number of nitrogens with zero attached hydrogens (tertiary/aromatic N) is 1. The first-order valence-electron chi connectivity index (χ1n) is 2.33. The van der Waals surface area contributed by atoms with Gasteiger partial charge in [0.1, 0.15) is 0 Å². The van der Waals surface area contributed by atoms with Gasteiger partial charge in [-0.2, -0.15) is 0 Å². The van der Waals surface area contributed by atoms with Crippen LogP contribution in [-0.2, 0) is 0 Å². The lowest BCUT2D eigenvalue weighted by atomic mass is 9.94. The molecule has 0 unspecified atom stereocenters. The van der Waals surface area contributed by atoms with Gasteiger partial charge in [0.15, 0.2) is 0 Å². The van der Waals surface area contributed by atoms with E-state index < -0.39 is 0 Å². The van der Waals surface area contributed by atoms with Gasteiger partial charge >= 0.3 is 0 Å². The van der Waals surface area contributed by atoms with Crippen LogP contribution in [0, 0.1) is 6.57 Å². The molecule has 0 atom stereocenters. The molecule has 1 heteroatoms. The summed E-state index contributed by atoms with van der Waals surface area (Å²) in [5, 5.41) is 0. The summed E-state index contributed by atoms with van der Waals surface area (Å²) in [4.78, 5) is 3.59. The zero-order valence-corrected chi connectivity index (χ0v) is 3.72. The van der Waals surface area contributed by atoms with Crippen molar-refractivity contribution < 1.29 is 0 Å². The Morgan fingerprint density at radius 1 is 1.50 bits per heavy atom.